The van der Waals surface area contributed by atoms with Crippen LogP contribution in [0.15, 0.2) is 18.2 Å². The summed E-state index contributed by atoms with van der Waals surface area (Å²) in [6.07, 6.45) is 2.69. The van der Waals surface area contributed by atoms with Crippen LogP contribution in [0.25, 0.3) is 10.2 Å². The first-order chi connectivity index (χ1) is 9.10. The first-order valence-electron chi connectivity index (χ1n) is 6.02. The van der Waals surface area contributed by atoms with Gasteiger partial charge in [0.2, 0.25) is 5.91 Å². The number of thioether (sulfide) groups is 1. The molecule has 6 heteroatoms. The molecule has 0 saturated heterocycles. The molecule has 0 spiro atoms. The minimum Gasteiger partial charge on any atom is -0.325 e. The van der Waals surface area contributed by atoms with Gasteiger partial charge in [-0.2, -0.15) is 11.8 Å². The second-order valence-electron chi connectivity index (χ2n) is 4.29. The Morgan fingerprint density at radius 2 is 2.37 bits per heavy atom. The lowest BCUT2D eigenvalue weighted by Gasteiger charge is -2.11. The lowest BCUT2D eigenvalue weighted by Crippen LogP contribution is -2.36. The molecule has 0 saturated carbocycles. The molecule has 102 valence electrons. The molecular formula is C13H17N3OS2. The van der Waals surface area contributed by atoms with Crippen LogP contribution in [0.4, 0.5) is 5.69 Å². The van der Waals surface area contributed by atoms with Crippen LogP contribution in [-0.4, -0.2) is 28.9 Å². The molecule has 1 aromatic carbocycles. The third-order valence-corrected chi connectivity index (χ3v) is 4.31. The zero-order chi connectivity index (χ0) is 13.8. The van der Waals surface area contributed by atoms with Gasteiger partial charge in [-0.25, -0.2) is 4.98 Å². The van der Waals surface area contributed by atoms with E-state index < -0.39 is 6.04 Å². The molecule has 2 aromatic rings. The standard InChI is InChI=1S/C13H17N3OS2/c1-8-15-11-4-3-9(7-12(11)19-8)16-13(17)10(14)5-6-18-2/h3-4,7,10H,5-6,14H2,1-2H3,(H,16,17)/t10-/m0/s1. The van der Waals surface area contributed by atoms with E-state index in [1.807, 2.05) is 31.4 Å². The summed E-state index contributed by atoms with van der Waals surface area (Å²) in [5, 5.41) is 3.88. The topological polar surface area (TPSA) is 68.0 Å². The van der Waals surface area contributed by atoms with Crippen molar-refractivity contribution in [3.8, 4) is 0 Å². The molecule has 2 rings (SSSR count). The number of aryl methyl sites for hydroxylation is 1. The summed E-state index contributed by atoms with van der Waals surface area (Å²) >= 11 is 3.31. The minimum absolute atomic E-state index is 0.130. The second-order valence-corrected chi connectivity index (χ2v) is 6.51. The van der Waals surface area contributed by atoms with Crippen molar-refractivity contribution >= 4 is 44.9 Å². The number of nitrogens with one attached hydrogen (secondary N) is 1. The molecule has 1 heterocycles. The lowest BCUT2D eigenvalue weighted by atomic mass is 10.2. The number of anilines is 1. The molecule has 1 amide bonds. The number of fused-ring (bicyclic) bond motifs is 1. The molecule has 1 atom stereocenters. The van der Waals surface area contributed by atoms with E-state index in [-0.39, 0.29) is 5.91 Å². The molecule has 0 unspecified atom stereocenters. The number of carbonyl (C=O) groups is 1. The quantitative estimate of drug-likeness (QED) is 0.890. The van der Waals surface area contributed by atoms with Crippen LogP contribution in [0.1, 0.15) is 11.4 Å². The van der Waals surface area contributed by atoms with E-state index in [0.29, 0.717) is 6.42 Å². The van der Waals surface area contributed by atoms with Crippen LogP contribution in [-0.2, 0) is 4.79 Å². The number of aromatic nitrogens is 1. The predicted octanol–water partition coefficient (Wildman–Crippen LogP) is 2.62. The van der Waals surface area contributed by atoms with Gasteiger partial charge in [0, 0.05) is 5.69 Å². The van der Waals surface area contributed by atoms with Crippen LogP contribution < -0.4 is 11.1 Å². The maximum atomic E-state index is 11.9. The van der Waals surface area contributed by atoms with E-state index >= 15 is 0 Å². The summed E-state index contributed by atoms with van der Waals surface area (Å²) in [6.45, 7) is 1.97. The van der Waals surface area contributed by atoms with Crippen LogP contribution >= 0.6 is 23.1 Å². The molecule has 0 aliphatic heterocycles. The van der Waals surface area contributed by atoms with Crippen molar-refractivity contribution < 1.29 is 4.79 Å². The number of carbonyl (C=O) groups excluding carboxylic acids is 1. The van der Waals surface area contributed by atoms with E-state index in [0.717, 1.165) is 26.7 Å². The Bertz CT molecular complexity index is 582. The Hall–Kier alpha value is -1.11. The van der Waals surface area contributed by atoms with E-state index in [1.165, 1.54) is 0 Å². The maximum absolute atomic E-state index is 11.9. The first kappa shape index (κ1) is 14.3. The van der Waals surface area contributed by atoms with Crippen molar-refractivity contribution in [3.05, 3.63) is 23.2 Å². The number of benzene rings is 1. The van der Waals surface area contributed by atoms with Crippen molar-refractivity contribution in [2.75, 3.05) is 17.3 Å². The van der Waals surface area contributed by atoms with Gasteiger partial charge in [0.15, 0.2) is 0 Å². The number of amides is 1. The zero-order valence-corrected chi connectivity index (χ0v) is 12.6. The molecule has 0 aliphatic rings. The Balaban J connectivity index is 2.06. The van der Waals surface area contributed by atoms with Gasteiger partial charge in [0.05, 0.1) is 21.3 Å². The largest absolute Gasteiger partial charge is 0.325 e. The van der Waals surface area contributed by atoms with Gasteiger partial charge in [-0.1, -0.05) is 0 Å². The molecule has 1 aromatic heterocycles. The number of rotatable bonds is 5. The van der Waals surface area contributed by atoms with Gasteiger partial charge in [-0.3, -0.25) is 4.79 Å². The van der Waals surface area contributed by atoms with Crippen molar-refractivity contribution in [2.45, 2.75) is 19.4 Å². The van der Waals surface area contributed by atoms with Gasteiger partial charge in [-0.05, 0) is 43.6 Å². The SMILES string of the molecule is CSCC[C@H](N)C(=O)Nc1ccc2nc(C)sc2c1. The van der Waals surface area contributed by atoms with Gasteiger partial charge >= 0.3 is 0 Å². The van der Waals surface area contributed by atoms with Crippen molar-refractivity contribution in [2.24, 2.45) is 5.73 Å². The fraction of sp³-hybridized carbons (Fsp3) is 0.385. The molecule has 0 fully saturated rings. The van der Waals surface area contributed by atoms with Gasteiger partial charge in [0.25, 0.3) is 0 Å². The third-order valence-electron chi connectivity index (χ3n) is 2.73. The Labute approximate surface area is 120 Å². The summed E-state index contributed by atoms with van der Waals surface area (Å²) in [6, 6.07) is 5.27. The second kappa shape index (κ2) is 6.36. The summed E-state index contributed by atoms with van der Waals surface area (Å²) in [7, 11) is 0. The summed E-state index contributed by atoms with van der Waals surface area (Å²) in [5.41, 5.74) is 7.58. The normalized spacial score (nSPS) is 12.6. The average Bonchev–Trinajstić information content (AvgIpc) is 2.75. The van der Waals surface area contributed by atoms with Crippen molar-refractivity contribution in [3.63, 3.8) is 0 Å². The number of hydrogen-bond acceptors (Lipinski definition) is 5. The highest BCUT2D eigenvalue weighted by molar-refractivity contribution is 7.98. The Morgan fingerprint density at radius 1 is 1.58 bits per heavy atom. The van der Waals surface area contributed by atoms with E-state index in [4.69, 9.17) is 5.73 Å². The highest BCUT2D eigenvalue weighted by Gasteiger charge is 2.13. The molecular weight excluding hydrogens is 278 g/mol. The molecule has 19 heavy (non-hydrogen) atoms. The highest BCUT2D eigenvalue weighted by atomic mass is 32.2. The van der Waals surface area contributed by atoms with E-state index in [2.05, 4.69) is 10.3 Å². The zero-order valence-electron chi connectivity index (χ0n) is 11.0. The summed E-state index contributed by atoms with van der Waals surface area (Å²) in [5.74, 6) is 0.761. The first-order valence-corrected chi connectivity index (χ1v) is 8.24. The molecule has 3 N–H and O–H groups in total. The van der Waals surface area contributed by atoms with Crippen LogP contribution in [0.2, 0.25) is 0 Å². The summed E-state index contributed by atoms with van der Waals surface area (Å²) < 4.78 is 1.08. The van der Waals surface area contributed by atoms with Crippen LogP contribution in [0, 0.1) is 6.92 Å². The lowest BCUT2D eigenvalue weighted by molar-refractivity contribution is -0.117. The van der Waals surface area contributed by atoms with Gasteiger partial charge in [-0.15, -0.1) is 11.3 Å². The smallest absolute Gasteiger partial charge is 0.241 e. The molecule has 0 aliphatic carbocycles. The Kier molecular flexibility index (Phi) is 4.79. The molecule has 0 radical (unpaired) electrons. The minimum atomic E-state index is -0.452. The fourth-order valence-corrected chi connectivity index (χ4v) is 3.08. The van der Waals surface area contributed by atoms with Gasteiger partial charge in [0.1, 0.15) is 0 Å². The van der Waals surface area contributed by atoms with Crippen LogP contribution in [0.5, 0.6) is 0 Å². The predicted molar refractivity (Wildman–Crippen MR) is 84.0 cm³/mol. The van der Waals surface area contributed by atoms with Crippen LogP contribution in [0.3, 0.4) is 0 Å². The highest BCUT2D eigenvalue weighted by Crippen LogP contribution is 2.24. The number of nitrogens with zero attached hydrogens (tertiary/aromatic N) is 1. The molecule has 0 bridgehead atoms. The fourth-order valence-electron chi connectivity index (χ4n) is 1.73. The van der Waals surface area contributed by atoms with Crippen molar-refractivity contribution in [1.29, 1.82) is 0 Å². The number of nitrogens with two attached hydrogens (primary N) is 1. The molecule has 4 nitrogen and oxygen atoms in total. The van der Waals surface area contributed by atoms with Gasteiger partial charge < -0.3 is 11.1 Å². The van der Waals surface area contributed by atoms with E-state index in [1.54, 1.807) is 23.1 Å². The van der Waals surface area contributed by atoms with E-state index in [9.17, 15) is 4.79 Å². The third kappa shape index (κ3) is 3.68. The Morgan fingerprint density at radius 3 is 3.11 bits per heavy atom. The number of thiazole rings is 1. The summed E-state index contributed by atoms with van der Waals surface area (Å²) in [4.78, 5) is 16.3. The maximum Gasteiger partial charge on any atom is 0.241 e. The monoisotopic (exact) mass is 295 g/mol. The number of hydrogen-bond donors (Lipinski definition) is 2. The average molecular weight is 295 g/mol. The van der Waals surface area contributed by atoms with Crippen molar-refractivity contribution in [1.82, 2.24) is 4.98 Å².